The van der Waals surface area contributed by atoms with Gasteiger partial charge in [0.05, 0.1) is 5.69 Å². The molecule has 2 aromatic rings. The van der Waals surface area contributed by atoms with Crippen LogP contribution in [0.3, 0.4) is 0 Å². The monoisotopic (exact) mass is 255 g/mol. The number of aromatic nitrogens is 2. The highest BCUT2D eigenvalue weighted by Crippen LogP contribution is 2.16. The lowest BCUT2D eigenvalue weighted by atomic mass is 10.00. The van der Waals surface area contributed by atoms with Gasteiger partial charge in [-0.05, 0) is 50.5 Å². The lowest BCUT2D eigenvalue weighted by Crippen LogP contribution is -2.16. The largest absolute Gasteiger partial charge is 0.307 e. The highest BCUT2D eigenvalue weighted by Gasteiger charge is 2.04. The van der Waals surface area contributed by atoms with Crippen LogP contribution in [0.5, 0.6) is 0 Å². The van der Waals surface area contributed by atoms with Gasteiger partial charge in [-0.25, -0.2) is 9.97 Å². The first-order chi connectivity index (χ1) is 9.06. The summed E-state index contributed by atoms with van der Waals surface area (Å²) in [7, 11) is 0. The van der Waals surface area contributed by atoms with Crippen molar-refractivity contribution in [1.82, 2.24) is 15.3 Å². The quantitative estimate of drug-likeness (QED) is 0.912. The van der Waals surface area contributed by atoms with E-state index in [1.54, 1.807) is 0 Å². The molecule has 0 saturated heterocycles. The molecule has 0 aliphatic rings. The molecule has 3 heteroatoms. The van der Waals surface area contributed by atoms with Crippen molar-refractivity contribution in [3.05, 3.63) is 58.2 Å². The van der Waals surface area contributed by atoms with Gasteiger partial charge in [0, 0.05) is 19.3 Å². The third-order valence-electron chi connectivity index (χ3n) is 3.28. The SMILES string of the molecule is Cc1cc(C)c(CNCc2ccnc(C)n2)c(C)c1. The molecular weight excluding hydrogens is 234 g/mol. The molecule has 1 heterocycles. The molecule has 1 aromatic carbocycles. The van der Waals surface area contributed by atoms with Crippen LogP contribution in [-0.4, -0.2) is 9.97 Å². The maximum Gasteiger partial charge on any atom is 0.125 e. The number of nitrogens with zero attached hydrogens (tertiary/aromatic N) is 2. The summed E-state index contributed by atoms with van der Waals surface area (Å²) in [6.07, 6.45) is 1.81. The molecule has 0 atom stereocenters. The Kier molecular flexibility index (Phi) is 4.27. The molecule has 3 nitrogen and oxygen atoms in total. The Morgan fingerprint density at radius 3 is 2.32 bits per heavy atom. The maximum atomic E-state index is 4.39. The van der Waals surface area contributed by atoms with Crippen molar-refractivity contribution in [1.29, 1.82) is 0 Å². The van der Waals surface area contributed by atoms with Crippen molar-refractivity contribution in [3.8, 4) is 0 Å². The van der Waals surface area contributed by atoms with E-state index in [0.717, 1.165) is 24.6 Å². The molecule has 0 aliphatic heterocycles. The van der Waals surface area contributed by atoms with Crippen molar-refractivity contribution >= 4 is 0 Å². The summed E-state index contributed by atoms with van der Waals surface area (Å²) >= 11 is 0. The van der Waals surface area contributed by atoms with Crippen LogP contribution in [0, 0.1) is 27.7 Å². The fourth-order valence-electron chi connectivity index (χ4n) is 2.41. The number of benzene rings is 1. The lowest BCUT2D eigenvalue weighted by Gasteiger charge is -2.12. The molecule has 0 spiro atoms. The minimum Gasteiger partial charge on any atom is -0.307 e. The van der Waals surface area contributed by atoms with Gasteiger partial charge in [0.15, 0.2) is 0 Å². The van der Waals surface area contributed by atoms with Gasteiger partial charge in [-0.3, -0.25) is 0 Å². The highest BCUT2D eigenvalue weighted by molar-refractivity contribution is 5.37. The summed E-state index contributed by atoms with van der Waals surface area (Å²) in [4.78, 5) is 8.49. The lowest BCUT2D eigenvalue weighted by molar-refractivity contribution is 0.670. The Morgan fingerprint density at radius 1 is 1.00 bits per heavy atom. The van der Waals surface area contributed by atoms with Crippen LogP contribution < -0.4 is 5.32 Å². The zero-order chi connectivity index (χ0) is 13.8. The summed E-state index contributed by atoms with van der Waals surface area (Å²) in [6, 6.07) is 6.42. The second-order valence-electron chi connectivity index (χ2n) is 5.08. The fraction of sp³-hybridized carbons (Fsp3) is 0.375. The molecule has 19 heavy (non-hydrogen) atoms. The third kappa shape index (κ3) is 3.61. The van der Waals surface area contributed by atoms with E-state index in [1.165, 1.54) is 22.3 Å². The van der Waals surface area contributed by atoms with Gasteiger partial charge in [0.2, 0.25) is 0 Å². The second kappa shape index (κ2) is 5.93. The van der Waals surface area contributed by atoms with Crippen molar-refractivity contribution in [2.24, 2.45) is 0 Å². The van der Waals surface area contributed by atoms with Crippen molar-refractivity contribution in [2.45, 2.75) is 40.8 Å². The molecule has 0 unspecified atom stereocenters. The summed E-state index contributed by atoms with van der Waals surface area (Å²) in [5.74, 6) is 0.821. The highest BCUT2D eigenvalue weighted by atomic mass is 14.9. The van der Waals surface area contributed by atoms with Crippen molar-refractivity contribution < 1.29 is 0 Å². The van der Waals surface area contributed by atoms with Gasteiger partial charge < -0.3 is 5.32 Å². The average Bonchev–Trinajstić information content (AvgIpc) is 2.32. The predicted octanol–water partition coefficient (Wildman–Crippen LogP) is 3.00. The van der Waals surface area contributed by atoms with E-state index in [4.69, 9.17) is 0 Å². The predicted molar refractivity (Wildman–Crippen MR) is 78.0 cm³/mol. The van der Waals surface area contributed by atoms with Gasteiger partial charge in [-0.1, -0.05) is 17.7 Å². The Bertz CT molecular complexity index is 553. The molecule has 2 rings (SSSR count). The van der Waals surface area contributed by atoms with Gasteiger partial charge in [-0.2, -0.15) is 0 Å². The Hall–Kier alpha value is -1.74. The number of rotatable bonds is 4. The smallest absolute Gasteiger partial charge is 0.125 e. The van der Waals surface area contributed by atoms with Crippen LogP contribution in [0.15, 0.2) is 24.4 Å². The van der Waals surface area contributed by atoms with E-state index < -0.39 is 0 Å². The minimum absolute atomic E-state index is 0.774. The van der Waals surface area contributed by atoms with Gasteiger partial charge in [0.25, 0.3) is 0 Å². The van der Waals surface area contributed by atoms with Crippen LogP contribution in [-0.2, 0) is 13.1 Å². The van der Waals surface area contributed by atoms with Gasteiger partial charge in [0.1, 0.15) is 5.82 Å². The fourth-order valence-corrected chi connectivity index (χ4v) is 2.41. The van der Waals surface area contributed by atoms with E-state index in [2.05, 4.69) is 48.2 Å². The molecule has 0 saturated carbocycles. The zero-order valence-electron chi connectivity index (χ0n) is 12.1. The second-order valence-corrected chi connectivity index (χ2v) is 5.08. The number of hydrogen-bond acceptors (Lipinski definition) is 3. The first-order valence-corrected chi connectivity index (χ1v) is 6.62. The Labute approximate surface area is 115 Å². The molecule has 0 bridgehead atoms. The molecule has 100 valence electrons. The summed E-state index contributed by atoms with van der Waals surface area (Å²) < 4.78 is 0. The first kappa shape index (κ1) is 13.7. The molecule has 1 aromatic heterocycles. The van der Waals surface area contributed by atoms with Crippen LogP contribution in [0.1, 0.15) is 33.8 Å². The molecule has 0 aliphatic carbocycles. The summed E-state index contributed by atoms with van der Waals surface area (Å²) in [6.45, 7) is 10.0. The van der Waals surface area contributed by atoms with Gasteiger partial charge in [-0.15, -0.1) is 0 Å². The Morgan fingerprint density at radius 2 is 1.68 bits per heavy atom. The molecule has 0 fully saturated rings. The number of nitrogens with one attached hydrogen (secondary N) is 1. The maximum absolute atomic E-state index is 4.39. The summed E-state index contributed by atoms with van der Waals surface area (Å²) in [5.41, 5.74) is 6.45. The molecule has 1 N–H and O–H groups in total. The normalized spacial score (nSPS) is 10.7. The van der Waals surface area contributed by atoms with Crippen molar-refractivity contribution in [3.63, 3.8) is 0 Å². The average molecular weight is 255 g/mol. The number of aryl methyl sites for hydroxylation is 4. The third-order valence-corrected chi connectivity index (χ3v) is 3.28. The molecular formula is C16H21N3. The van der Waals surface area contributed by atoms with E-state index in [0.29, 0.717) is 0 Å². The minimum atomic E-state index is 0.774. The molecule has 0 radical (unpaired) electrons. The van der Waals surface area contributed by atoms with Crippen LogP contribution in [0.25, 0.3) is 0 Å². The van der Waals surface area contributed by atoms with Gasteiger partial charge >= 0.3 is 0 Å². The number of hydrogen-bond donors (Lipinski definition) is 1. The van der Waals surface area contributed by atoms with Crippen molar-refractivity contribution in [2.75, 3.05) is 0 Å². The van der Waals surface area contributed by atoms with Crippen LogP contribution in [0.4, 0.5) is 0 Å². The van der Waals surface area contributed by atoms with E-state index in [-0.39, 0.29) is 0 Å². The van der Waals surface area contributed by atoms with E-state index >= 15 is 0 Å². The van der Waals surface area contributed by atoms with Crippen LogP contribution >= 0.6 is 0 Å². The van der Waals surface area contributed by atoms with E-state index in [1.807, 2.05) is 19.2 Å². The molecule has 0 amide bonds. The Balaban J connectivity index is 2.00. The summed E-state index contributed by atoms with van der Waals surface area (Å²) in [5, 5.41) is 3.46. The zero-order valence-corrected chi connectivity index (χ0v) is 12.1. The van der Waals surface area contributed by atoms with Crippen LogP contribution in [0.2, 0.25) is 0 Å². The van der Waals surface area contributed by atoms with E-state index in [9.17, 15) is 0 Å². The topological polar surface area (TPSA) is 37.8 Å². The first-order valence-electron chi connectivity index (χ1n) is 6.62. The standard InChI is InChI=1S/C16H21N3/c1-11-7-12(2)16(13(3)8-11)10-17-9-15-5-6-18-14(4)19-15/h5-8,17H,9-10H2,1-4H3.